The number of carbonyl (C=O) groups excluding carboxylic acids is 1. The van der Waals surface area contributed by atoms with Crippen molar-refractivity contribution in [1.29, 1.82) is 0 Å². The van der Waals surface area contributed by atoms with Crippen LogP contribution in [0, 0.1) is 0 Å². The van der Waals surface area contributed by atoms with Crippen molar-refractivity contribution in [2.24, 2.45) is 0 Å². The molecule has 1 aliphatic rings. The molecule has 1 aliphatic heterocycles. The standard InChI is InChI=1S/C14H17NO2/c1-10(2)9-15-6-7-17-14-5-4-12(11(3)16)8-13(14)15/h4-5,8H,1,6-7,9H2,2-3H3. The fourth-order valence-electron chi connectivity index (χ4n) is 1.98. The van der Waals surface area contributed by atoms with Crippen LogP contribution in [0.4, 0.5) is 5.69 Å². The normalized spacial score (nSPS) is 13.9. The third-order valence-corrected chi connectivity index (χ3v) is 2.79. The number of fused-ring (bicyclic) bond motifs is 1. The molecule has 1 aromatic rings. The van der Waals surface area contributed by atoms with Gasteiger partial charge in [0.2, 0.25) is 0 Å². The maximum Gasteiger partial charge on any atom is 0.159 e. The first-order valence-corrected chi connectivity index (χ1v) is 5.75. The summed E-state index contributed by atoms with van der Waals surface area (Å²) in [5.41, 5.74) is 2.82. The molecule has 0 aliphatic carbocycles. The van der Waals surface area contributed by atoms with Crippen molar-refractivity contribution < 1.29 is 9.53 Å². The first-order valence-electron chi connectivity index (χ1n) is 5.75. The molecule has 2 rings (SSSR count). The molecule has 3 nitrogen and oxygen atoms in total. The molecule has 1 aromatic carbocycles. The summed E-state index contributed by atoms with van der Waals surface area (Å²) in [7, 11) is 0. The molecule has 3 heteroatoms. The summed E-state index contributed by atoms with van der Waals surface area (Å²) < 4.78 is 5.59. The van der Waals surface area contributed by atoms with Gasteiger partial charge in [0.25, 0.3) is 0 Å². The molecule has 0 radical (unpaired) electrons. The van der Waals surface area contributed by atoms with E-state index in [1.165, 1.54) is 0 Å². The molecule has 90 valence electrons. The lowest BCUT2D eigenvalue weighted by atomic mass is 10.1. The number of Topliss-reactive ketones (excluding diaryl/α,β-unsaturated/α-hetero) is 1. The van der Waals surface area contributed by atoms with E-state index in [1.807, 2.05) is 25.1 Å². The van der Waals surface area contributed by atoms with E-state index < -0.39 is 0 Å². The number of ether oxygens (including phenoxy) is 1. The van der Waals surface area contributed by atoms with Gasteiger partial charge >= 0.3 is 0 Å². The Hall–Kier alpha value is -1.77. The summed E-state index contributed by atoms with van der Waals surface area (Å²) in [5.74, 6) is 0.927. The van der Waals surface area contributed by atoms with Crippen LogP contribution in [0.25, 0.3) is 0 Å². The van der Waals surface area contributed by atoms with E-state index in [4.69, 9.17) is 4.74 Å². The van der Waals surface area contributed by atoms with Crippen LogP contribution in [0.5, 0.6) is 5.75 Å². The molecule has 0 unspecified atom stereocenters. The number of nitrogens with zero attached hydrogens (tertiary/aromatic N) is 1. The lowest BCUT2D eigenvalue weighted by Crippen LogP contribution is -2.33. The number of benzene rings is 1. The predicted octanol–water partition coefficient (Wildman–Crippen LogP) is 2.66. The smallest absolute Gasteiger partial charge is 0.159 e. The number of rotatable bonds is 3. The van der Waals surface area contributed by atoms with E-state index in [9.17, 15) is 4.79 Å². The van der Waals surface area contributed by atoms with E-state index in [-0.39, 0.29) is 5.78 Å². The summed E-state index contributed by atoms with van der Waals surface area (Å²) in [6, 6.07) is 5.59. The SMILES string of the molecule is C=C(C)CN1CCOc2ccc(C(C)=O)cc21. The monoisotopic (exact) mass is 231 g/mol. The number of carbonyl (C=O) groups is 1. The van der Waals surface area contributed by atoms with Gasteiger partial charge in [-0.1, -0.05) is 12.2 Å². The molecule has 0 bridgehead atoms. The van der Waals surface area contributed by atoms with Gasteiger partial charge in [-0.25, -0.2) is 0 Å². The average molecular weight is 231 g/mol. The minimum Gasteiger partial charge on any atom is -0.490 e. The molecule has 0 spiro atoms. The Bertz CT molecular complexity index is 465. The second-order valence-electron chi connectivity index (χ2n) is 4.47. The van der Waals surface area contributed by atoms with Crippen molar-refractivity contribution in [3.63, 3.8) is 0 Å². The summed E-state index contributed by atoms with van der Waals surface area (Å²) in [6.45, 7) is 9.83. The lowest BCUT2D eigenvalue weighted by Gasteiger charge is -2.31. The van der Waals surface area contributed by atoms with Crippen LogP contribution in [0.15, 0.2) is 30.4 Å². The largest absolute Gasteiger partial charge is 0.490 e. The Morgan fingerprint density at radius 2 is 2.24 bits per heavy atom. The first-order chi connectivity index (χ1) is 8.08. The van der Waals surface area contributed by atoms with Crippen LogP contribution in [0.2, 0.25) is 0 Å². The van der Waals surface area contributed by atoms with Crippen LogP contribution >= 0.6 is 0 Å². The van der Waals surface area contributed by atoms with Gasteiger partial charge in [0.05, 0.1) is 12.2 Å². The van der Waals surface area contributed by atoms with Crippen molar-refractivity contribution >= 4 is 11.5 Å². The fraction of sp³-hybridized carbons (Fsp3) is 0.357. The quantitative estimate of drug-likeness (QED) is 0.591. The van der Waals surface area contributed by atoms with Crippen molar-refractivity contribution in [3.05, 3.63) is 35.9 Å². The maximum absolute atomic E-state index is 11.4. The van der Waals surface area contributed by atoms with Crippen molar-refractivity contribution in [2.45, 2.75) is 13.8 Å². The third-order valence-electron chi connectivity index (χ3n) is 2.79. The summed E-state index contributed by atoms with van der Waals surface area (Å²) in [4.78, 5) is 13.6. The Kier molecular flexibility index (Phi) is 3.18. The van der Waals surface area contributed by atoms with Crippen molar-refractivity contribution in [3.8, 4) is 5.75 Å². The van der Waals surface area contributed by atoms with E-state index in [2.05, 4.69) is 11.5 Å². The van der Waals surface area contributed by atoms with Gasteiger partial charge in [0.15, 0.2) is 5.78 Å². The van der Waals surface area contributed by atoms with Crippen LogP contribution in [-0.2, 0) is 0 Å². The van der Waals surface area contributed by atoms with Crippen LogP contribution < -0.4 is 9.64 Å². The molecule has 0 atom stereocenters. The van der Waals surface area contributed by atoms with Crippen LogP contribution in [0.1, 0.15) is 24.2 Å². The molecule has 0 saturated carbocycles. The zero-order valence-corrected chi connectivity index (χ0v) is 10.3. The predicted molar refractivity (Wildman–Crippen MR) is 69.0 cm³/mol. The zero-order chi connectivity index (χ0) is 12.4. The average Bonchev–Trinajstić information content (AvgIpc) is 2.28. The second kappa shape index (κ2) is 4.62. The first kappa shape index (κ1) is 11.7. The highest BCUT2D eigenvalue weighted by Gasteiger charge is 2.18. The van der Waals surface area contributed by atoms with Gasteiger partial charge in [-0.2, -0.15) is 0 Å². The number of ketones is 1. The highest BCUT2D eigenvalue weighted by molar-refractivity contribution is 5.95. The Morgan fingerprint density at radius 3 is 2.88 bits per heavy atom. The van der Waals surface area contributed by atoms with Crippen LogP contribution in [0.3, 0.4) is 0 Å². The van der Waals surface area contributed by atoms with Gasteiger partial charge in [0, 0.05) is 12.1 Å². The molecule has 0 fully saturated rings. The van der Waals surface area contributed by atoms with Gasteiger partial charge in [-0.3, -0.25) is 4.79 Å². The molecular weight excluding hydrogens is 214 g/mol. The van der Waals surface area contributed by atoms with Crippen molar-refractivity contribution in [2.75, 3.05) is 24.6 Å². The lowest BCUT2D eigenvalue weighted by molar-refractivity contribution is 0.101. The van der Waals surface area contributed by atoms with E-state index >= 15 is 0 Å². The molecule has 1 heterocycles. The topological polar surface area (TPSA) is 29.5 Å². The molecule has 0 amide bonds. The van der Waals surface area contributed by atoms with E-state index in [1.54, 1.807) is 6.92 Å². The van der Waals surface area contributed by atoms with E-state index in [0.717, 1.165) is 35.7 Å². The molecule has 0 N–H and O–H groups in total. The van der Waals surface area contributed by atoms with Gasteiger partial charge in [-0.15, -0.1) is 0 Å². The Morgan fingerprint density at radius 1 is 1.47 bits per heavy atom. The second-order valence-corrected chi connectivity index (χ2v) is 4.47. The summed E-state index contributed by atoms with van der Waals surface area (Å²) >= 11 is 0. The van der Waals surface area contributed by atoms with Gasteiger partial charge < -0.3 is 9.64 Å². The molecular formula is C14H17NO2. The van der Waals surface area contributed by atoms with Crippen molar-refractivity contribution in [1.82, 2.24) is 0 Å². The summed E-state index contributed by atoms with van der Waals surface area (Å²) in [6.07, 6.45) is 0. The fourth-order valence-corrected chi connectivity index (χ4v) is 1.98. The zero-order valence-electron chi connectivity index (χ0n) is 10.3. The minimum atomic E-state index is 0.0775. The summed E-state index contributed by atoms with van der Waals surface area (Å²) in [5, 5.41) is 0. The molecule has 0 aromatic heterocycles. The minimum absolute atomic E-state index is 0.0775. The Balaban J connectivity index is 2.37. The van der Waals surface area contributed by atoms with Gasteiger partial charge in [-0.05, 0) is 32.0 Å². The van der Waals surface area contributed by atoms with Gasteiger partial charge in [0.1, 0.15) is 12.4 Å². The molecule has 0 saturated heterocycles. The highest BCUT2D eigenvalue weighted by Crippen LogP contribution is 2.32. The Labute approximate surface area is 102 Å². The van der Waals surface area contributed by atoms with E-state index in [0.29, 0.717) is 6.61 Å². The van der Waals surface area contributed by atoms with Crippen LogP contribution in [-0.4, -0.2) is 25.5 Å². The number of hydrogen-bond donors (Lipinski definition) is 0. The highest BCUT2D eigenvalue weighted by atomic mass is 16.5. The molecule has 17 heavy (non-hydrogen) atoms. The third kappa shape index (κ3) is 2.49. The number of hydrogen-bond acceptors (Lipinski definition) is 3. The maximum atomic E-state index is 11.4. The number of anilines is 1.